The lowest BCUT2D eigenvalue weighted by Gasteiger charge is -2.36. The average molecular weight is 221 g/mol. The maximum atomic E-state index is 6.10. The Kier molecular flexibility index (Phi) is 4.90. The molecule has 1 aromatic heterocycles. The molecule has 0 aliphatic rings. The van der Waals surface area contributed by atoms with Gasteiger partial charge in [0.25, 0.3) is 0 Å². The van der Waals surface area contributed by atoms with Crippen molar-refractivity contribution < 1.29 is 0 Å². The molecule has 0 aromatic carbocycles. The van der Waals surface area contributed by atoms with Crippen LogP contribution in [0.25, 0.3) is 0 Å². The first-order chi connectivity index (χ1) is 7.57. The average Bonchev–Trinajstić information content (AvgIpc) is 2.25. The Morgan fingerprint density at radius 3 is 2.38 bits per heavy atom. The van der Waals surface area contributed by atoms with Crippen LogP contribution in [0.15, 0.2) is 24.4 Å². The monoisotopic (exact) mass is 221 g/mol. The summed E-state index contributed by atoms with van der Waals surface area (Å²) in [5.41, 5.74) is 7.16. The van der Waals surface area contributed by atoms with E-state index in [0.717, 1.165) is 12.2 Å². The van der Waals surface area contributed by atoms with Gasteiger partial charge in [0.2, 0.25) is 0 Å². The lowest BCUT2D eigenvalue weighted by Crippen LogP contribution is -2.43. The molecule has 1 rings (SSSR count). The molecular formula is C13H23N3. The molecule has 1 heterocycles. The van der Waals surface area contributed by atoms with Gasteiger partial charge >= 0.3 is 0 Å². The zero-order valence-corrected chi connectivity index (χ0v) is 10.7. The molecular weight excluding hydrogens is 198 g/mol. The van der Waals surface area contributed by atoms with Crippen molar-refractivity contribution >= 4 is 0 Å². The highest BCUT2D eigenvalue weighted by molar-refractivity contribution is 5.11. The lowest BCUT2D eigenvalue weighted by atomic mass is 10.0. The predicted octanol–water partition coefficient (Wildman–Crippen LogP) is 2.20. The quantitative estimate of drug-likeness (QED) is 0.829. The first kappa shape index (κ1) is 13.1. The molecule has 0 amide bonds. The second kappa shape index (κ2) is 5.97. The summed E-state index contributed by atoms with van der Waals surface area (Å²) in [4.78, 5) is 6.81. The van der Waals surface area contributed by atoms with E-state index in [1.807, 2.05) is 25.3 Å². The van der Waals surface area contributed by atoms with Crippen LogP contribution < -0.4 is 5.73 Å². The van der Waals surface area contributed by atoms with Crippen molar-refractivity contribution in [3.05, 3.63) is 30.1 Å². The highest BCUT2D eigenvalue weighted by Gasteiger charge is 2.25. The number of likely N-dealkylation sites (N-methyl/N-ethyl adjacent to an activating group) is 1. The molecule has 2 unspecified atom stereocenters. The maximum Gasteiger partial charge on any atom is 0.0673 e. The fourth-order valence-electron chi connectivity index (χ4n) is 2.18. The van der Waals surface area contributed by atoms with Crippen molar-refractivity contribution in [3.63, 3.8) is 0 Å². The number of nitrogens with two attached hydrogens (primary N) is 1. The zero-order chi connectivity index (χ0) is 12.1. The van der Waals surface area contributed by atoms with Gasteiger partial charge in [-0.2, -0.15) is 0 Å². The molecule has 0 aliphatic carbocycles. The van der Waals surface area contributed by atoms with E-state index in [-0.39, 0.29) is 12.1 Å². The molecule has 0 saturated heterocycles. The van der Waals surface area contributed by atoms with Crippen LogP contribution in [0.5, 0.6) is 0 Å². The van der Waals surface area contributed by atoms with Crippen molar-refractivity contribution in [2.75, 3.05) is 6.54 Å². The molecule has 90 valence electrons. The molecule has 0 fully saturated rings. The normalized spacial score (nSPS) is 15.4. The van der Waals surface area contributed by atoms with Crippen LogP contribution >= 0.6 is 0 Å². The number of aromatic nitrogens is 1. The van der Waals surface area contributed by atoms with Gasteiger partial charge in [-0.05, 0) is 39.4 Å². The molecule has 3 nitrogen and oxygen atoms in total. The first-order valence-electron chi connectivity index (χ1n) is 6.00. The molecule has 16 heavy (non-hydrogen) atoms. The Labute approximate surface area is 98.7 Å². The zero-order valence-electron chi connectivity index (χ0n) is 10.7. The molecule has 0 aliphatic heterocycles. The van der Waals surface area contributed by atoms with E-state index in [2.05, 4.69) is 36.7 Å². The van der Waals surface area contributed by atoms with Crippen molar-refractivity contribution in [2.45, 2.75) is 45.8 Å². The van der Waals surface area contributed by atoms with Crippen LogP contribution in [0.2, 0.25) is 0 Å². The fraction of sp³-hybridized carbons (Fsp3) is 0.615. The van der Waals surface area contributed by atoms with Gasteiger partial charge in [-0.15, -0.1) is 0 Å². The standard InChI is InChI=1S/C13H23N3/c1-5-16(10(2)3)13(11(4)14)12-8-6-7-9-15-12/h6-11,13H,5,14H2,1-4H3. The third kappa shape index (κ3) is 3.03. The largest absolute Gasteiger partial charge is 0.326 e. The van der Waals surface area contributed by atoms with Gasteiger partial charge in [-0.3, -0.25) is 9.88 Å². The smallest absolute Gasteiger partial charge is 0.0673 e. The van der Waals surface area contributed by atoms with Crippen molar-refractivity contribution in [2.24, 2.45) is 5.73 Å². The summed E-state index contributed by atoms with van der Waals surface area (Å²) in [5, 5.41) is 0. The molecule has 3 heteroatoms. The van der Waals surface area contributed by atoms with Crippen molar-refractivity contribution in [1.29, 1.82) is 0 Å². The van der Waals surface area contributed by atoms with E-state index in [1.54, 1.807) is 0 Å². The topological polar surface area (TPSA) is 42.2 Å². The SMILES string of the molecule is CCN(C(C)C)C(c1ccccn1)C(C)N. The number of nitrogens with zero attached hydrogens (tertiary/aromatic N) is 2. The van der Waals surface area contributed by atoms with E-state index in [1.165, 1.54) is 0 Å². The van der Waals surface area contributed by atoms with Gasteiger partial charge in [0.1, 0.15) is 0 Å². The third-order valence-electron chi connectivity index (χ3n) is 2.87. The Morgan fingerprint density at radius 2 is 2.00 bits per heavy atom. The van der Waals surface area contributed by atoms with Gasteiger partial charge in [0.05, 0.1) is 11.7 Å². The van der Waals surface area contributed by atoms with Gasteiger partial charge in [-0.25, -0.2) is 0 Å². The van der Waals surface area contributed by atoms with Crippen molar-refractivity contribution in [3.8, 4) is 0 Å². The summed E-state index contributed by atoms with van der Waals surface area (Å²) in [6, 6.07) is 6.77. The summed E-state index contributed by atoms with van der Waals surface area (Å²) in [7, 11) is 0. The fourth-order valence-corrected chi connectivity index (χ4v) is 2.18. The van der Waals surface area contributed by atoms with E-state index >= 15 is 0 Å². The Hall–Kier alpha value is -0.930. The highest BCUT2D eigenvalue weighted by atomic mass is 15.2. The van der Waals surface area contributed by atoms with Gasteiger partial charge in [0, 0.05) is 18.3 Å². The van der Waals surface area contributed by atoms with Gasteiger partial charge in [0.15, 0.2) is 0 Å². The minimum Gasteiger partial charge on any atom is -0.326 e. The van der Waals surface area contributed by atoms with Crippen molar-refractivity contribution in [1.82, 2.24) is 9.88 Å². The second-order valence-electron chi connectivity index (χ2n) is 4.48. The summed E-state index contributed by atoms with van der Waals surface area (Å²) < 4.78 is 0. The second-order valence-corrected chi connectivity index (χ2v) is 4.48. The van der Waals surface area contributed by atoms with Gasteiger partial charge < -0.3 is 5.73 Å². The highest BCUT2D eigenvalue weighted by Crippen LogP contribution is 2.23. The molecule has 0 bridgehead atoms. The predicted molar refractivity (Wildman–Crippen MR) is 68.1 cm³/mol. The van der Waals surface area contributed by atoms with Crippen LogP contribution in [0.4, 0.5) is 0 Å². The Bertz CT molecular complexity index is 295. The summed E-state index contributed by atoms with van der Waals surface area (Å²) in [6.07, 6.45) is 1.83. The van der Waals surface area contributed by atoms with Crippen LogP contribution in [0.3, 0.4) is 0 Å². The number of hydrogen-bond donors (Lipinski definition) is 1. The number of pyridine rings is 1. The molecule has 2 atom stereocenters. The molecule has 2 N–H and O–H groups in total. The minimum absolute atomic E-state index is 0.0808. The van der Waals surface area contributed by atoms with E-state index in [0.29, 0.717) is 6.04 Å². The molecule has 1 aromatic rings. The Balaban J connectivity index is 2.99. The van der Waals surface area contributed by atoms with E-state index < -0.39 is 0 Å². The summed E-state index contributed by atoms with van der Waals surface area (Å²) in [5.74, 6) is 0. The van der Waals surface area contributed by atoms with Crippen LogP contribution in [-0.4, -0.2) is 28.5 Å². The minimum atomic E-state index is 0.0808. The maximum absolute atomic E-state index is 6.10. The lowest BCUT2D eigenvalue weighted by molar-refractivity contribution is 0.141. The van der Waals surface area contributed by atoms with Crippen LogP contribution in [-0.2, 0) is 0 Å². The number of rotatable bonds is 5. The van der Waals surface area contributed by atoms with E-state index in [4.69, 9.17) is 5.73 Å². The molecule has 0 radical (unpaired) electrons. The third-order valence-corrected chi connectivity index (χ3v) is 2.87. The van der Waals surface area contributed by atoms with E-state index in [9.17, 15) is 0 Å². The number of hydrogen-bond acceptors (Lipinski definition) is 3. The summed E-state index contributed by atoms with van der Waals surface area (Å²) >= 11 is 0. The Morgan fingerprint density at radius 1 is 1.31 bits per heavy atom. The van der Waals surface area contributed by atoms with Gasteiger partial charge in [-0.1, -0.05) is 13.0 Å². The van der Waals surface area contributed by atoms with Crippen LogP contribution in [0.1, 0.15) is 39.4 Å². The first-order valence-corrected chi connectivity index (χ1v) is 6.00. The van der Waals surface area contributed by atoms with Crippen LogP contribution in [0, 0.1) is 0 Å². The molecule has 0 saturated carbocycles. The molecule has 0 spiro atoms. The summed E-state index contributed by atoms with van der Waals surface area (Å²) in [6.45, 7) is 9.59.